The lowest BCUT2D eigenvalue weighted by molar-refractivity contribution is -0.145. The van der Waals surface area contributed by atoms with Crippen molar-refractivity contribution in [3.05, 3.63) is 80.9 Å². The molecule has 1 aliphatic heterocycles. The smallest absolute Gasteiger partial charge is 0.343 e. The first kappa shape index (κ1) is 24.5. The molecule has 0 amide bonds. The second-order valence-corrected chi connectivity index (χ2v) is 9.16. The van der Waals surface area contributed by atoms with Gasteiger partial charge in [0, 0.05) is 18.3 Å². The van der Waals surface area contributed by atoms with Gasteiger partial charge in [0.25, 0.3) is 5.56 Å². The summed E-state index contributed by atoms with van der Waals surface area (Å²) in [5.74, 6) is -1.35. The number of pyridine rings is 1. The van der Waals surface area contributed by atoms with Gasteiger partial charge in [0.05, 0.1) is 22.3 Å². The fourth-order valence-electron chi connectivity index (χ4n) is 5.12. The predicted molar refractivity (Wildman–Crippen MR) is 115 cm³/mol. The minimum Gasteiger partial charge on any atom is -0.343 e. The van der Waals surface area contributed by atoms with Gasteiger partial charge < -0.3 is 4.90 Å². The first-order valence-electron chi connectivity index (χ1n) is 10.8. The van der Waals surface area contributed by atoms with E-state index in [0.717, 1.165) is 16.7 Å². The average molecular weight is 533 g/mol. The summed E-state index contributed by atoms with van der Waals surface area (Å²) in [6.45, 7) is 0. The van der Waals surface area contributed by atoms with Crippen molar-refractivity contribution >= 4 is 17.4 Å². The molecule has 5 rings (SSSR count). The maximum Gasteiger partial charge on any atom is 0.433 e. The third-order valence-corrected chi connectivity index (χ3v) is 6.87. The molecular weight excluding hydrogens is 517 g/mol. The maximum atomic E-state index is 13.8. The normalized spacial score (nSPS) is 21.9. The van der Waals surface area contributed by atoms with Gasteiger partial charge >= 0.3 is 12.4 Å². The molecule has 3 heterocycles. The van der Waals surface area contributed by atoms with Crippen LogP contribution in [0.25, 0.3) is 5.69 Å². The molecule has 190 valence electrons. The second kappa shape index (κ2) is 8.46. The van der Waals surface area contributed by atoms with Crippen molar-refractivity contribution in [1.82, 2.24) is 14.5 Å². The van der Waals surface area contributed by atoms with Gasteiger partial charge in [-0.1, -0.05) is 11.6 Å². The van der Waals surface area contributed by atoms with Gasteiger partial charge in [0.1, 0.15) is 23.2 Å². The molecule has 1 saturated carbocycles. The number of aromatic nitrogens is 3. The summed E-state index contributed by atoms with van der Waals surface area (Å²) in [5.41, 5.74) is -3.56. The summed E-state index contributed by atoms with van der Waals surface area (Å²) in [6.07, 6.45) is -7.30. The maximum absolute atomic E-state index is 13.8. The largest absolute Gasteiger partial charge is 0.433 e. The van der Waals surface area contributed by atoms with Crippen LogP contribution in [0.1, 0.15) is 42.4 Å². The van der Waals surface area contributed by atoms with Crippen LogP contribution in [0.4, 0.5) is 36.6 Å². The van der Waals surface area contributed by atoms with E-state index < -0.39 is 52.9 Å². The van der Waals surface area contributed by atoms with Crippen LogP contribution in [0.5, 0.6) is 0 Å². The summed E-state index contributed by atoms with van der Waals surface area (Å²) in [6, 6.07) is 3.98. The summed E-state index contributed by atoms with van der Waals surface area (Å²) in [7, 11) is 0. The Morgan fingerprint density at radius 2 is 1.72 bits per heavy atom. The van der Waals surface area contributed by atoms with E-state index in [2.05, 4.69) is 9.97 Å². The Bertz CT molecular complexity index is 1360. The van der Waals surface area contributed by atoms with Crippen LogP contribution in [-0.4, -0.2) is 20.6 Å². The van der Waals surface area contributed by atoms with Crippen LogP contribution < -0.4 is 10.5 Å². The summed E-state index contributed by atoms with van der Waals surface area (Å²) >= 11 is 5.89. The molecule has 1 aromatic carbocycles. The third kappa shape index (κ3) is 4.21. The van der Waals surface area contributed by atoms with Crippen LogP contribution in [0.3, 0.4) is 0 Å². The zero-order valence-electron chi connectivity index (χ0n) is 18.1. The Labute approximate surface area is 204 Å². The Balaban J connectivity index is 1.70. The highest BCUT2D eigenvalue weighted by Gasteiger charge is 2.50. The van der Waals surface area contributed by atoms with Gasteiger partial charge in [-0.3, -0.25) is 9.36 Å². The van der Waals surface area contributed by atoms with Gasteiger partial charge in [-0.25, -0.2) is 14.4 Å². The van der Waals surface area contributed by atoms with E-state index in [1.165, 1.54) is 23.2 Å². The SMILES string of the molecule is O=c1ccnc([C@@H]2[C@H]3CC[C@H](C3)N2c2cc(C(F)(F)F)cc(C(F)(F)F)n2)n1-c1ccc(F)c(Cl)c1. The van der Waals surface area contributed by atoms with E-state index in [-0.39, 0.29) is 28.5 Å². The van der Waals surface area contributed by atoms with Gasteiger partial charge in [0.2, 0.25) is 0 Å². The second-order valence-electron chi connectivity index (χ2n) is 8.75. The molecule has 3 aromatic rings. The van der Waals surface area contributed by atoms with Crippen molar-refractivity contribution in [3.8, 4) is 5.69 Å². The Hall–Kier alpha value is -3.15. The average Bonchev–Trinajstić information content (AvgIpc) is 3.41. The van der Waals surface area contributed by atoms with Gasteiger partial charge in [0.15, 0.2) is 0 Å². The van der Waals surface area contributed by atoms with Crippen molar-refractivity contribution in [2.45, 2.75) is 43.7 Å². The van der Waals surface area contributed by atoms with Crippen LogP contribution >= 0.6 is 11.6 Å². The van der Waals surface area contributed by atoms with E-state index >= 15 is 0 Å². The zero-order valence-corrected chi connectivity index (χ0v) is 18.9. The quantitative estimate of drug-likeness (QED) is 0.378. The molecule has 0 unspecified atom stereocenters. The number of fused-ring (bicyclic) bond motifs is 2. The minimum absolute atomic E-state index is 0.0238. The molecule has 0 spiro atoms. The lowest BCUT2D eigenvalue weighted by Crippen LogP contribution is -2.39. The van der Waals surface area contributed by atoms with Crippen molar-refractivity contribution in [2.75, 3.05) is 4.90 Å². The zero-order chi connectivity index (χ0) is 26.0. The van der Waals surface area contributed by atoms with Crippen molar-refractivity contribution in [2.24, 2.45) is 5.92 Å². The molecule has 2 fully saturated rings. The molecule has 36 heavy (non-hydrogen) atoms. The predicted octanol–water partition coefficient (Wildman–Crippen LogP) is 6.19. The van der Waals surface area contributed by atoms with Gasteiger partial charge in [-0.05, 0) is 55.5 Å². The monoisotopic (exact) mass is 532 g/mol. The molecule has 5 nitrogen and oxygen atoms in total. The molecule has 2 bridgehead atoms. The lowest BCUT2D eigenvalue weighted by atomic mass is 9.97. The van der Waals surface area contributed by atoms with Gasteiger partial charge in [-0.2, -0.15) is 26.3 Å². The fraction of sp³-hybridized carbons (Fsp3) is 0.348. The first-order chi connectivity index (χ1) is 16.8. The molecule has 3 atom stereocenters. The number of hydrogen-bond acceptors (Lipinski definition) is 4. The highest BCUT2D eigenvalue weighted by Crippen LogP contribution is 2.52. The van der Waals surface area contributed by atoms with Crippen molar-refractivity contribution in [1.29, 1.82) is 0 Å². The molecule has 0 N–H and O–H groups in total. The number of alkyl halides is 6. The summed E-state index contributed by atoms with van der Waals surface area (Å²) in [4.78, 5) is 22.1. The fourth-order valence-corrected chi connectivity index (χ4v) is 5.30. The molecule has 1 aliphatic carbocycles. The topological polar surface area (TPSA) is 51.0 Å². The van der Waals surface area contributed by atoms with Crippen LogP contribution in [0, 0.1) is 11.7 Å². The minimum atomic E-state index is -5.11. The molecule has 2 aromatic heterocycles. The molecule has 13 heteroatoms. The van der Waals surface area contributed by atoms with Gasteiger partial charge in [-0.15, -0.1) is 0 Å². The number of anilines is 1. The van der Waals surface area contributed by atoms with Crippen LogP contribution in [0.15, 0.2) is 47.4 Å². The molecule has 0 radical (unpaired) electrons. The van der Waals surface area contributed by atoms with E-state index in [1.54, 1.807) is 0 Å². The standard InChI is InChI=1S/C23H16ClF7N4O/c24-15-10-14(3-4-16(15)25)35-19(36)5-6-32-21(35)20-11-1-2-13(7-11)34(20)18-9-12(22(26,27)28)8-17(33-18)23(29,30)31/h3-6,8-11,13,20H,1-2,7H2/t11-,13+,20-/m0/s1. The Morgan fingerprint density at radius 3 is 2.39 bits per heavy atom. The van der Waals surface area contributed by atoms with E-state index in [9.17, 15) is 35.5 Å². The Kier molecular flexibility index (Phi) is 5.77. The van der Waals surface area contributed by atoms with Crippen LogP contribution in [0.2, 0.25) is 5.02 Å². The number of piperidine rings is 1. The number of benzene rings is 1. The van der Waals surface area contributed by atoms with E-state index in [4.69, 9.17) is 11.6 Å². The number of hydrogen-bond donors (Lipinski definition) is 0. The Morgan fingerprint density at radius 1 is 0.972 bits per heavy atom. The molecule has 1 saturated heterocycles. The number of nitrogens with zero attached hydrogens (tertiary/aromatic N) is 4. The van der Waals surface area contributed by atoms with E-state index in [1.807, 2.05) is 0 Å². The highest BCUT2D eigenvalue weighted by atomic mass is 35.5. The highest BCUT2D eigenvalue weighted by molar-refractivity contribution is 6.30. The summed E-state index contributed by atoms with van der Waals surface area (Å²) in [5, 5.41) is -0.270. The molecule has 2 aliphatic rings. The van der Waals surface area contributed by atoms with Crippen molar-refractivity contribution < 1.29 is 30.7 Å². The lowest BCUT2D eigenvalue weighted by Gasteiger charge is -2.37. The molecular formula is C23H16ClF7N4O. The number of halogens is 8. The van der Waals surface area contributed by atoms with Crippen LogP contribution in [-0.2, 0) is 12.4 Å². The number of rotatable bonds is 3. The third-order valence-electron chi connectivity index (χ3n) is 6.58. The van der Waals surface area contributed by atoms with Crippen molar-refractivity contribution in [3.63, 3.8) is 0 Å². The summed E-state index contributed by atoms with van der Waals surface area (Å²) < 4.78 is 95.9. The van der Waals surface area contributed by atoms with E-state index in [0.29, 0.717) is 25.3 Å². The first-order valence-corrected chi connectivity index (χ1v) is 11.2.